The molecule has 7 nitrogen and oxygen atoms in total. The van der Waals surface area contributed by atoms with Gasteiger partial charge in [-0.2, -0.15) is 5.26 Å². The van der Waals surface area contributed by atoms with Gasteiger partial charge in [0.05, 0.1) is 24.2 Å². The van der Waals surface area contributed by atoms with Crippen molar-refractivity contribution in [2.24, 2.45) is 5.73 Å². The second-order valence-electron chi connectivity index (χ2n) is 8.63. The molecule has 192 valence electrons. The number of hydrogen-bond acceptors (Lipinski definition) is 6. The quantitative estimate of drug-likeness (QED) is 0.283. The van der Waals surface area contributed by atoms with E-state index in [1.54, 1.807) is 12.1 Å². The van der Waals surface area contributed by atoms with Crippen LogP contribution in [-0.4, -0.2) is 21.2 Å². The van der Waals surface area contributed by atoms with Gasteiger partial charge in [-0.15, -0.1) is 0 Å². The van der Waals surface area contributed by atoms with Crippen LogP contribution in [0.2, 0.25) is 0 Å². The summed E-state index contributed by atoms with van der Waals surface area (Å²) in [6, 6.07) is 19.0. The minimum atomic E-state index is -1.17. The standard InChI is InChI=1S/C29H23F2N3O4/c1-16(35)19-5-6-24(22(10-19)12-27(36)37)28-25(30)13-26(31)29(34-28)38-23-9-18(15-33)8-21(11-23)20-4-2-3-17(7-20)14-32/h2-11,13,16,35H,12,14,32H2,1H3,(H,36,37). The van der Waals surface area contributed by atoms with Gasteiger partial charge in [-0.25, -0.2) is 13.8 Å². The van der Waals surface area contributed by atoms with Crippen LogP contribution in [0.5, 0.6) is 11.6 Å². The summed E-state index contributed by atoms with van der Waals surface area (Å²) in [6.07, 6.45) is -1.35. The first-order valence-corrected chi connectivity index (χ1v) is 11.6. The number of rotatable bonds is 8. The molecule has 4 N–H and O–H groups in total. The Morgan fingerprint density at radius 3 is 2.55 bits per heavy atom. The number of nitrogens with two attached hydrogens (primary N) is 1. The van der Waals surface area contributed by atoms with Crippen LogP contribution in [0.3, 0.4) is 0 Å². The molecule has 0 aliphatic heterocycles. The Labute approximate surface area is 217 Å². The molecule has 0 fully saturated rings. The largest absolute Gasteiger partial charge is 0.481 e. The Kier molecular flexibility index (Phi) is 7.76. The van der Waals surface area contributed by atoms with Crippen molar-refractivity contribution in [2.45, 2.75) is 26.0 Å². The Morgan fingerprint density at radius 2 is 1.87 bits per heavy atom. The molecule has 1 atom stereocenters. The van der Waals surface area contributed by atoms with E-state index in [0.717, 1.165) is 11.1 Å². The van der Waals surface area contributed by atoms with Crippen LogP contribution in [0.15, 0.2) is 66.7 Å². The summed E-state index contributed by atoms with van der Waals surface area (Å²) in [5, 5.41) is 28.7. The minimum Gasteiger partial charge on any atom is -0.481 e. The first-order chi connectivity index (χ1) is 18.2. The van der Waals surface area contributed by atoms with E-state index < -0.39 is 36.0 Å². The Bertz CT molecular complexity index is 1560. The summed E-state index contributed by atoms with van der Waals surface area (Å²) in [6.45, 7) is 1.84. The monoisotopic (exact) mass is 515 g/mol. The van der Waals surface area contributed by atoms with E-state index >= 15 is 0 Å². The number of hydrogen-bond donors (Lipinski definition) is 3. The normalized spacial score (nSPS) is 11.6. The van der Waals surface area contributed by atoms with E-state index in [4.69, 9.17) is 10.5 Å². The van der Waals surface area contributed by atoms with Gasteiger partial charge in [0.25, 0.3) is 5.88 Å². The molecule has 38 heavy (non-hydrogen) atoms. The van der Waals surface area contributed by atoms with Gasteiger partial charge in [0.15, 0.2) is 11.6 Å². The Balaban J connectivity index is 1.78. The van der Waals surface area contributed by atoms with Crippen molar-refractivity contribution in [1.82, 2.24) is 4.98 Å². The lowest BCUT2D eigenvalue weighted by Crippen LogP contribution is -2.06. The third kappa shape index (κ3) is 5.83. The third-order valence-corrected chi connectivity index (χ3v) is 5.85. The predicted octanol–water partition coefficient (Wildman–Crippen LogP) is 5.50. The van der Waals surface area contributed by atoms with Crippen molar-refractivity contribution in [2.75, 3.05) is 0 Å². The lowest BCUT2D eigenvalue weighted by Gasteiger charge is -2.14. The number of halogens is 2. The van der Waals surface area contributed by atoms with Crippen molar-refractivity contribution < 1.29 is 28.5 Å². The molecule has 0 saturated carbocycles. The summed E-state index contributed by atoms with van der Waals surface area (Å²) in [7, 11) is 0. The van der Waals surface area contributed by atoms with E-state index in [2.05, 4.69) is 4.98 Å². The van der Waals surface area contributed by atoms with Crippen LogP contribution >= 0.6 is 0 Å². The fourth-order valence-electron chi connectivity index (χ4n) is 4.00. The maximum absolute atomic E-state index is 14.9. The molecule has 1 unspecified atom stereocenters. The molecule has 3 aromatic carbocycles. The Morgan fingerprint density at radius 1 is 1.08 bits per heavy atom. The number of ether oxygens (including phenoxy) is 1. The number of aliphatic carboxylic acids is 1. The molecule has 0 amide bonds. The van der Waals surface area contributed by atoms with E-state index in [0.29, 0.717) is 23.7 Å². The topological polar surface area (TPSA) is 129 Å². The van der Waals surface area contributed by atoms with Crippen LogP contribution in [0.4, 0.5) is 8.78 Å². The van der Waals surface area contributed by atoms with Crippen molar-refractivity contribution in [3.63, 3.8) is 0 Å². The molecule has 0 aliphatic rings. The van der Waals surface area contributed by atoms with Crippen LogP contribution in [0, 0.1) is 23.0 Å². The molecular formula is C29H23F2N3O4. The van der Waals surface area contributed by atoms with Gasteiger partial charge in [-0.1, -0.05) is 36.4 Å². The molecular weight excluding hydrogens is 492 g/mol. The molecule has 0 spiro atoms. The number of carboxylic acid groups (broad SMARTS) is 1. The second kappa shape index (κ2) is 11.2. The maximum atomic E-state index is 14.9. The van der Waals surface area contributed by atoms with Gasteiger partial charge in [0, 0.05) is 18.2 Å². The number of pyridine rings is 1. The molecule has 0 radical (unpaired) electrons. The molecule has 0 aliphatic carbocycles. The first-order valence-electron chi connectivity index (χ1n) is 11.6. The van der Waals surface area contributed by atoms with Crippen molar-refractivity contribution >= 4 is 5.97 Å². The van der Waals surface area contributed by atoms with E-state index in [9.17, 15) is 29.1 Å². The average molecular weight is 516 g/mol. The van der Waals surface area contributed by atoms with Gasteiger partial charge in [0.2, 0.25) is 0 Å². The highest BCUT2D eigenvalue weighted by Crippen LogP contribution is 2.34. The highest BCUT2D eigenvalue weighted by atomic mass is 19.1. The van der Waals surface area contributed by atoms with E-state index in [1.165, 1.54) is 31.2 Å². The van der Waals surface area contributed by atoms with Crippen molar-refractivity contribution in [3.05, 3.63) is 101 Å². The van der Waals surface area contributed by atoms with E-state index in [1.807, 2.05) is 30.3 Å². The number of nitriles is 1. The molecule has 9 heteroatoms. The smallest absolute Gasteiger partial charge is 0.307 e. The van der Waals surface area contributed by atoms with Crippen LogP contribution in [-0.2, 0) is 17.8 Å². The van der Waals surface area contributed by atoms with Gasteiger partial charge >= 0.3 is 5.97 Å². The number of carboxylic acids is 1. The van der Waals surface area contributed by atoms with Gasteiger partial charge in [-0.05, 0) is 59.0 Å². The van der Waals surface area contributed by atoms with Crippen LogP contribution in [0.25, 0.3) is 22.4 Å². The summed E-state index contributed by atoms with van der Waals surface area (Å²) in [4.78, 5) is 15.5. The number of aromatic nitrogens is 1. The number of aliphatic hydroxyl groups is 1. The fourth-order valence-corrected chi connectivity index (χ4v) is 4.00. The summed E-state index contributed by atoms with van der Waals surface area (Å²) < 4.78 is 35.4. The number of aliphatic hydroxyl groups excluding tert-OH is 1. The molecule has 0 bridgehead atoms. The number of nitrogens with zero attached hydrogens (tertiary/aromatic N) is 2. The summed E-state index contributed by atoms with van der Waals surface area (Å²) in [5.41, 5.74) is 8.66. The molecule has 4 aromatic rings. The van der Waals surface area contributed by atoms with Crippen molar-refractivity contribution in [1.29, 1.82) is 5.26 Å². The molecule has 1 aromatic heterocycles. The zero-order valence-electron chi connectivity index (χ0n) is 20.3. The summed E-state index contributed by atoms with van der Waals surface area (Å²) >= 11 is 0. The second-order valence-corrected chi connectivity index (χ2v) is 8.63. The zero-order valence-corrected chi connectivity index (χ0v) is 20.3. The SMILES string of the molecule is CC(O)c1ccc(-c2nc(Oc3cc(C#N)cc(-c4cccc(CN)c4)c3)c(F)cc2F)c(CC(=O)O)c1. The van der Waals surface area contributed by atoms with Crippen molar-refractivity contribution in [3.8, 4) is 40.1 Å². The van der Waals surface area contributed by atoms with Crippen LogP contribution in [0.1, 0.15) is 35.3 Å². The molecule has 1 heterocycles. The lowest BCUT2D eigenvalue weighted by molar-refractivity contribution is -0.136. The van der Waals surface area contributed by atoms with Gasteiger partial charge in [-0.3, -0.25) is 4.79 Å². The zero-order chi connectivity index (χ0) is 27.4. The van der Waals surface area contributed by atoms with E-state index in [-0.39, 0.29) is 28.1 Å². The molecule has 4 rings (SSSR count). The highest BCUT2D eigenvalue weighted by Gasteiger charge is 2.20. The first kappa shape index (κ1) is 26.4. The average Bonchev–Trinajstić information content (AvgIpc) is 2.89. The highest BCUT2D eigenvalue weighted by molar-refractivity contribution is 5.76. The predicted molar refractivity (Wildman–Crippen MR) is 136 cm³/mol. The number of benzene rings is 3. The lowest BCUT2D eigenvalue weighted by atomic mass is 9.96. The minimum absolute atomic E-state index is 0.0939. The third-order valence-electron chi connectivity index (χ3n) is 5.85. The van der Waals surface area contributed by atoms with Gasteiger partial charge < -0.3 is 20.7 Å². The number of carbonyl (C=O) groups is 1. The molecule has 0 saturated heterocycles. The van der Waals surface area contributed by atoms with Gasteiger partial charge in [0.1, 0.15) is 11.4 Å². The fraction of sp³-hybridized carbons (Fsp3) is 0.138. The summed E-state index contributed by atoms with van der Waals surface area (Å²) in [5.74, 6) is -3.74. The van der Waals surface area contributed by atoms with Crippen LogP contribution < -0.4 is 10.5 Å². The Hall–Kier alpha value is -4.65. The maximum Gasteiger partial charge on any atom is 0.307 e.